The summed E-state index contributed by atoms with van der Waals surface area (Å²) in [6.07, 6.45) is 3.16. The Morgan fingerprint density at radius 3 is 1.44 bits per heavy atom. The number of carbonyl (C=O) groups is 2. The molecule has 0 radical (unpaired) electrons. The molecule has 6 aromatic carbocycles. The minimum absolute atomic E-state index is 0. The van der Waals surface area contributed by atoms with Gasteiger partial charge in [0.1, 0.15) is 47.5 Å². The van der Waals surface area contributed by atoms with E-state index < -0.39 is 5.97 Å². The number of rotatable bonds is 17. The molecule has 6 N–H and O–H groups in total. The fourth-order valence-electron chi connectivity index (χ4n) is 8.02. The van der Waals surface area contributed by atoms with Crippen LogP contribution in [0.4, 0.5) is 8.78 Å². The van der Waals surface area contributed by atoms with E-state index in [-0.39, 0.29) is 87.0 Å². The van der Waals surface area contributed by atoms with Crippen LogP contribution in [0.25, 0.3) is 44.2 Å². The van der Waals surface area contributed by atoms with Crippen LogP contribution in [0.3, 0.4) is 0 Å². The van der Waals surface area contributed by atoms with E-state index in [0.717, 1.165) is 38.6 Å². The number of benzene rings is 6. The molecule has 0 aliphatic rings. The van der Waals surface area contributed by atoms with Gasteiger partial charge in [-0.25, -0.2) is 8.78 Å². The molecule has 0 saturated carbocycles. The van der Waals surface area contributed by atoms with Crippen LogP contribution in [0.15, 0.2) is 131 Å². The summed E-state index contributed by atoms with van der Waals surface area (Å²) in [5, 5.41) is 10.9. The van der Waals surface area contributed by atoms with E-state index in [4.69, 9.17) is 34.5 Å². The van der Waals surface area contributed by atoms with Gasteiger partial charge >= 0.3 is 30.8 Å². The van der Waals surface area contributed by atoms with Crippen LogP contribution in [-0.2, 0) is 53.5 Å². The Morgan fingerprint density at radius 2 is 1.04 bits per heavy atom. The van der Waals surface area contributed by atoms with Crippen molar-refractivity contribution in [1.29, 1.82) is 0 Å². The van der Waals surface area contributed by atoms with Gasteiger partial charge < -0.3 is 45.1 Å². The van der Waals surface area contributed by atoms with Crippen LogP contribution in [-0.4, -0.2) is 29.1 Å². The summed E-state index contributed by atoms with van der Waals surface area (Å²) in [7, 11) is 0. The zero-order chi connectivity index (χ0) is 48.5. The van der Waals surface area contributed by atoms with Crippen molar-refractivity contribution in [2.45, 2.75) is 85.6 Å². The number of nitrogens with two attached hydrogens (primary N) is 2. The summed E-state index contributed by atoms with van der Waals surface area (Å²) in [6.45, 7) is 11.1. The van der Waals surface area contributed by atoms with Crippen molar-refractivity contribution < 1.29 is 70.9 Å². The maximum absolute atomic E-state index is 15.1. The van der Waals surface area contributed by atoms with Crippen molar-refractivity contribution >= 4 is 33.9 Å². The normalized spacial score (nSPS) is 11.0. The van der Waals surface area contributed by atoms with Crippen molar-refractivity contribution in [3.8, 4) is 33.8 Å². The zero-order valence-corrected chi connectivity index (χ0v) is 40.3. The molecule has 2 aromatic heterocycles. The molecule has 0 aliphatic heterocycles. The predicted octanol–water partition coefficient (Wildman–Crippen LogP) is 9.36. The van der Waals surface area contributed by atoms with Gasteiger partial charge in [-0.15, -0.1) is 0 Å². The maximum Gasteiger partial charge on any atom is 1.00 e. The molecule has 0 spiro atoms. The molecule has 11 nitrogen and oxygen atoms in total. The Bertz CT molecular complexity index is 3070. The first kappa shape index (κ1) is 54.2. The topological polar surface area (TPSA) is 190 Å². The number of carboxylic acid groups (broad SMARTS) is 1. The third-order valence-electron chi connectivity index (χ3n) is 11.7. The largest absolute Gasteiger partial charge is 1.00 e. The molecule has 14 heteroatoms. The Hall–Kier alpha value is -6.72. The molecule has 0 amide bonds. The van der Waals surface area contributed by atoms with Crippen LogP contribution in [0.2, 0.25) is 0 Å². The number of halogens is 2. The van der Waals surface area contributed by atoms with E-state index in [9.17, 15) is 14.7 Å². The van der Waals surface area contributed by atoms with Gasteiger partial charge in [0, 0.05) is 68.4 Å². The van der Waals surface area contributed by atoms with E-state index in [1.165, 1.54) is 0 Å². The first-order valence-corrected chi connectivity index (χ1v) is 22.6. The summed E-state index contributed by atoms with van der Waals surface area (Å²) < 4.78 is 59.0. The average Bonchev–Trinajstić information content (AvgIpc) is 4.01. The van der Waals surface area contributed by atoms with Gasteiger partial charge in [0.05, 0.1) is 32.0 Å². The number of fused-ring (bicyclic) bond motifs is 2. The van der Waals surface area contributed by atoms with Gasteiger partial charge in [0.15, 0.2) is 0 Å². The van der Waals surface area contributed by atoms with Gasteiger partial charge in [-0.05, 0) is 89.5 Å². The number of hydrogen-bond donors (Lipinski definition) is 3. The first-order chi connectivity index (χ1) is 32.8. The van der Waals surface area contributed by atoms with Crippen LogP contribution >= 0.6 is 0 Å². The Balaban J connectivity index is 0.000000254. The average molecular weight is 947 g/mol. The number of hydrogen-bond acceptors (Lipinski definition) is 10. The van der Waals surface area contributed by atoms with E-state index in [2.05, 4.69) is 27.7 Å². The number of carbonyl (C=O) groups excluding carboxylic acids is 1. The van der Waals surface area contributed by atoms with Crippen LogP contribution in [0.5, 0.6) is 11.5 Å². The Labute approximate surface area is 418 Å². The second-order valence-corrected chi connectivity index (χ2v) is 17.1. The first-order valence-electron chi connectivity index (χ1n) is 22.6. The quantitative estimate of drug-likeness (QED) is 0.0582. The van der Waals surface area contributed by atoms with Gasteiger partial charge in [-0.2, -0.15) is 0 Å². The van der Waals surface area contributed by atoms with Crippen molar-refractivity contribution in [3.63, 3.8) is 0 Å². The molecule has 360 valence electrons. The monoisotopic (exact) mass is 946 g/mol. The van der Waals surface area contributed by atoms with Crippen LogP contribution in [0.1, 0.15) is 91.0 Å². The minimum atomic E-state index is -0.922. The fraction of sp³-hybridized carbons (Fsp3) is 0.250. The predicted molar refractivity (Wildman–Crippen MR) is 262 cm³/mol. The SMILES string of the molecule is CC(C)c1ccc(CC(=O)O)c(OCc2cc(-c3cccc(CN)c3F)c3occc3c2)c1.CCOC(=O)Cc1ccc(C(C)C)cc1OCc1cc(-c2cccc(CN)c2F)c2occc2c1.[Li+].[OH-]. The third kappa shape index (κ3) is 12.7. The van der Waals surface area contributed by atoms with Gasteiger partial charge in [0.2, 0.25) is 0 Å². The summed E-state index contributed by atoms with van der Waals surface area (Å²) in [6, 6.07) is 33.1. The molecular formula is C56H57F2LiN2O9. The number of carboxylic acids is 1. The van der Waals surface area contributed by atoms with Crippen molar-refractivity contribution in [2.24, 2.45) is 11.5 Å². The standard InChI is InChI=1S/C29H30FNO4.C27H26FNO4.Li.H2O/c1-4-33-27(32)15-21-9-8-20(18(2)3)14-26(21)35-17-19-12-22-10-11-34-29(22)25(13-19)24-7-5-6-23(16-31)28(24)30;1-16(2)18-6-7-19(13-25(30)31)24(12-18)33-15-17-10-20-8-9-32-27(20)23(11-17)22-5-3-4-21(14-29)26(22)28;;/h5-14,18H,4,15-17,31H2,1-3H3;3-12,16H,13-15,29H2,1-2H3,(H,30,31);;1H2/q;;+1;/p-1. The van der Waals surface area contributed by atoms with Gasteiger partial charge in [-0.1, -0.05) is 88.4 Å². The molecule has 0 unspecified atom stereocenters. The Morgan fingerprint density at radius 1 is 0.600 bits per heavy atom. The van der Waals surface area contributed by atoms with Crippen molar-refractivity contribution in [2.75, 3.05) is 6.61 Å². The van der Waals surface area contributed by atoms with Crippen molar-refractivity contribution in [3.05, 3.63) is 178 Å². The molecule has 0 saturated heterocycles. The molecule has 2 heterocycles. The minimum Gasteiger partial charge on any atom is -0.870 e. The van der Waals surface area contributed by atoms with Crippen LogP contribution in [0, 0.1) is 11.6 Å². The molecule has 0 aliphatic carbocycles. The number of aliphatic carboxylic acids is 1. The summed E-state index contributed by atoms with van der Waals surface area (Å²) >= 11 is 0. The van der Waals surface area contributed by atoms with Gasteiger partial charge in [-0.3, -0.25) is 9.59 Å². The van der Waals surface area contributed by atoms with E-state index in [1.807, 2.05) is 66.7 Å². The molecule has 0 atom stereocenters. The summed E-state index contributed by atoms with van der Waals surface area (Å²) in [5.74, 6) is -0.195. The number of esters is 1. The molecule has 8 aromatic rings. The second kappa shape index (κ2) is 24.7. The molecule has 0 fully saturated rings. The van der Waals surface area contributed by atoms with E-state index >= 15 is 8.78 Å². The van der Waals surface area contributed by atoms with Crippen LogP contribution < -0.4 is 39.8 Å². The number of furan rings is 2. The molecule has 70 heavy (non-hydrogen) atoms. The third-order valence-corrected chi connectivity index (χ3v) is 11.7. The fourth-order valence-corrected chi connectivity index (χ4v) is 8.02. The number of ether oxygens (including phenoxy) is 3. The second-order valence-electron chi connectivity index (χ2n) is 17.1. The van der Waals surface area contributed by atoms with Crippen molar-refractivity contribution in [1.82, 2.24) is 0 Å². The summed E-state index contributed by atoms with van der Waals surface area (Å²) in [4.78, 5) is 23.4. The smallest absolute Gasteiger partial charge is 0.870 e. The van der Waals surface area contributed by atoms with Gasteiger partial charge in [0.25, 0.3) is 0 Å². The molecule has 8 rings (SSSR count). The maximum atomic E-state index is 15.1. The molecular weight excluding hydrogens is 890 g/mol. The Kier molecular flexibility index (Phi) is 19.1. The summed E-state index contributed by atoms with van der Waals surface area (Å²) in [5.41, 5.74) is 20.8. The zero-order valence-electron chi connectivity index (χ0n) is 40.3. The van der Waals surface area contributed by atoms with E-state index in [1.54, 1.807) is 61.9 Å². The molecule has 0 bridgehead atoms. The van der Waals surface area contributed by atoms with E-state index in [0.29, 0.717) is 74.1 Å².